The Morgan fingerprint density at radius 3 is 1.89 bits per heavy atom. The molecule has 1 aromatic heterocycles. The average Bonchev–Trinajstić information content (AvgIpc) is 2.73. The standard InChI is InChI=1S/C17H19N7O8S3/c1-24(2)17-21-15(18-10-3-5-11(6-4-10)23-33(25)26)20-16(22-17)19-13-9-12(34(27,28)29)7-8-14(13)35(30,31)32/h3-9,33H,1-2H3,(H,23,25,26)(H,27,28,29)(H,30,31,32)(H2,18,19,20,21,22). The van der Waals surface area contributed by atoms with Gasteiger partial charge in [0.05, 0.1) is 10.6 Å². The smallest absolute Gasteiger partial charge is 0.296 e. The first-order valence-corrected chi connectivity index (χ1v) is 13.4. The summed E-state index contributed by atoms with van der Waals surface area (Å²) in [4.78, 5) is 12.6. The Balaban J connectivity index is 2.02. The maximum Gasteiger partial charge on any atom is 0.296 e. The summed E-state index contributed by atoms with van der Waals surface area (Å²) < 4.78 is 89.1. The van der Waals surface area contributed by atoms with Crippen molar-refractivity contribution in [1.82, 2.24) is 15.0 Å². The monoisotopic (exact) mass is 545 g/mol. The van der Waals surface area contributed by atoms with E-state index in [1.807, 2.05) is 0 Å². The van der Waals surface area contributed by atoms with Crippen molar-refractivity contribution in [3.63, 3.8) is 0 Å². The van der Waals surface area contributed by atoms with Gasteiger partial charge < -0.3 is 15.5 Å². The van der Waals surface area contributed by atoms with Crippen molar-refractivity contribution in [2.75, 3.05) is 34.4 Å². The Morgan fingerprint density at radius 2 is 1.37 bits per heavy atom. The lowest BCUT2D eigenvalue weighted by Crippen LogP contribution is -2.16. The number of benzene rings is 2. The van der Waals surface area contributed by atoms with E-state index in [2.05, 4.69) is 30.3 Å². The number of thiol groups is 1. The van der Waals surface area contributed by atoms with Crippen LogP contribution in [0.4, 0.5) is 34.9 Å². The van der Waals surface area contributed by atoms with Gasteiger partial charge in [-0.1, -0.05) is 0 Å². The molecule has 18 heteroatoms. The lowest BCUT2D eigenvalue weighted by atomic mass is 10.3. The van der Waals surface area contributed by atoms with Crippen LogP contribution in [-0.4, -0.2) is 63.4 Å². The Hall–Kier alpha value is -3.58. The van der Waals surface area contributed by atoms with E-state index in [4.69, 9.17) is 0 Å². The van der Waals surface area contributed by atoms with E-state index in [9.17, 15) is 34.4 Å². The molecule has 0 bridgehead atoms. The Bertz CT molecular complexity index is 1530. The molecule has 0 aliphatic heterocycles. The lowest BCUT2D eigenvalue weighted by Gasteiger charge is -2.15. The van der Waals surface area contributed by atoms with Crippen LogP contribution in [0.25, 0.3) is 0 Å². The molecule has 0 saturated heterocycles. The van der Waals surface area contributed by atoms with Crippen molar-refractivity contribution in [3.05, 3.63) is 42.5 Å². The zero-order valence-electron chi connectivity index (χ0n) is 17.9. The maximum absolute atomic E-state index is 11.8. The number of aromatic nitrogens is 3. The van der Waals surface area contributed by atoms with Crippen LogP contribution in [0.3, 0.4) is 0 Å². The molecule has 0 fully saturated rings. The highest BCUT2D eigenvalue weighted by atomic mass is 32.2. The van der Waals surface area contributed by atoms with Gasteiger partial charge in [0.1, 0.15) is 4.90 Å². The van der Waals surface area contributed by atoms with Crippen LogP contribution in [0.1, 0.15) is 0 Å². The Labute approximate surface area is 201 Å². The van der Waals surface area contributed by atoms with Crippen LogP contribution < -0.4 is 20.3 Å². The fourth-order valence-corrected chi connectivity index (χ4v) is 4.15. The molecule has 35 heavy (non-hydrogen) atoms. The first-order valence-electron chi connectivity index (χ1n) is 9.30. The number of hydrogen-bond acceptors (Lipinski definition) is 12. The van der Waals surface area contributed by atoms with Gasteiger partial charge in [0, 0.05) is 25.5 Å². The van der Waals surface area contributed by atoms with E-state index >= 15 is 0 Å². The van der Waals surface area contributed by atoms with E-state index in [0.29, 0.717) is 11.4 Å². The van der Waals surface area contributed by atoms with E-state index in [-0.39, 0.29) is 17.8 Å². The van der Waals surface area contributed by atoms with Gasteiger partial charge in [-0.05, 0) is 42.5 Å². The van der Waals surface area contributed by atoms with Gasteiger partial charge in [0.15, 0.2) is 0 Å². The molecule has 0 unspecified atom stereocenters. The van der Waals surface area contributed by atoms with Gasteiger partial charge in [0.2, 0.25) is 28.7 Å². The van der Waals surface area contributed by atoms with Crippen LogP contribution in [0.5, 0.6) is 0 Å². The molecule has 0 spiro atoms. The second kappa shape index (κ2) is 9.96. The van der Waals surface area contributed by atoms with E-state index in [1.165, 1.54) is 17.0 Å². The minimum absolute atomic E-state index is 0.0128. The van der Waals surface area contributed by atoms with E-state index in [1.54, 1.807) is 26.2 Å². The molecular weight excluding hydrogens is 526 g/mol. The molecule has 188 valence electrons. The van der Waals surface area contributed by atoms with Crippen LogP contribution in [-0.2, 0) is 31.1 Å². The molecule has 5 N–H and O–H groups in total. The molecule has 0 radical (unpaired) electrons. The first-order chi connectivity index (χ1) is 16.2. The van der Waals surface area contributed by atoms with Gasteiger partial charge in [-0.25, -0.2) is 8.42 Å². The summed E-state index contributed by atoms with van der Waals surface area (Å²) in [5.41, 5.74) is 0.368. The van der Waals surface area contributed by atoms with Gasteiger partial charge in [0.25, 0.3) is 20.2 Å². The third-order valence-electron chi connectivity index (χ3n) is 4.16. The molecule has 3 rings (SSSR count). The Kier molecular flexibility index (Phi) is 7.41. The normalized spacial score (nSPS) is 11.8. The second-order valence-corrected chi connectivity index (χ2v) is 10.5. The zero-order valence-corrected chi connectivity index (χ0v) is 20.5. The summed E-state index contributed by atoms with van der Waals surface area (Å²) in [6.45, 7) is 0. The van der Waals surface area contributed by atoms with Crippen molar-refractivity contribution in [3.8, 4) is 0 Å². The molecule has 1 heterocycles. The number of anilines is 6. The van der Waals surface area contributed by atoms with Gasteiger partial charge in [-0.15, -0.1) is 0 Å². The highest BCUT2D eigenvalue weighted by Crippen LogP contribution is 2.28. The SMILES string of the molecule is CN(C)c1nc(Nc2ccc(N[SH](=O)=O)cc2)nc(Nc2cc(S(=O)(=O)O)ccc2S(=O)(=O)O)n1. The molecule has 15 nitrogen and oxygen atoms in total. The Morgan fingerprint density at radius 1 is 0.800 bits per heavy atom. The molecule has 3 aromatic rings. The summed E-state index contributed by atoms with van der Waals surface area (Å²) in [6.07, 6.45) is 0. The summed E-state index contributed by atoms with van der Waals surface area (Å²) in [6, 6.07) is 8.44. The molecule has 0 aliphatic rings. The quantitative estimate of drug-likeness (QED) is 0.162. The van der Waals surface area contributed by atoms with Crippen molar-refractivity contribution in [2.45, 2.75) is 9.79 Å². The number of hydrogen-bond donors (Lipinski definition) is 6. The topological polar surface area (TPSA) is 221 Å². The summed E-state index contributed by atoms with van der Waals surface area (Å²) >= 11 is 0. The predicted octanol–water partition coefficient (Wildman–Crippen LogP) is 0.856. The van der Waals surface area contributed by atoms with Crippen molar-refractivity contribution < 1.29 is 34.4 Å². The summed E-state index contributed by atoms with van der Waals surface area (Å²) in [5.74, 6) is -0.127. The highest BCUT2D eigenvalue weighted by Gasteiger charge is 2.21. The number of nitrogens with zero attached hydrogens (tertiary/aromatic N) is 4. The van der Waals surface area contributed by atoms with Gasteiger partial charge in [-0.2, -0.15) is 31.8 Å². The molecule has 0 aliphatic carbocycles. The zero-order chi connectivity index (χ0) is 26.0. The molecule has 0 amide bonds. The molecule has 2 aromatic carbocycles. The number of nitrogens with one attached hydrogen (secondary N) is 3. The molecular formula is C17H19N7O8S3. The third kappa shape index (κ3) is 6.96. The van der Waals surface area contributed by atoms with E-state index in [0.717, 1.165) is 18.2 Å². The maximum atomic E-state index is 11.8. The first kappa shape index (κ1) is 26.0. The van der Waals surface area contributed by atoms with Crippen LogP contribution in [0.15, 0.2) is 52.3 Å². The largest absolute Gasteiger partial charge is 0.347 e. The van der Waals surface area contributed by atoms with Crippen LogP contribution in [0, 0.1) is 0 Å². The van der Waals surface area contributed by atoms with Crippen molar-refractivity contribution in [2.24, 2.45) is 0 Å². The van der Waals surface area contributed by atoms with Crippen molar-refractivity contribution >= 4 is 66.0 Å². The fourth-order valence-electron chi connectivity index (χ4n) is 2.65. The minimum atomic E-state index is -4.80. The summed E-state index contributed by atoms with van der Waals surface area (Å²) in [5, 5.41) is 5.40. The van der Waals surface area contributed by atoms with Gasteiger partial charge >= 0.3 is 0 Å². The fraction of sp³-hybridized carbons (Fsp3) is 0.118. The third-order valence-corrected chi connectivity index (χ3v) is 6.36. The summed E-state index contributed by atoms with van der Waals surface area (Å²) in [7, 11) is -9.08. The predicted molar refractivity (Wildman–Crippen MR) is 127 cm³/mol. The van der Waals surface area contributed by atoms with Gasteiger partial charge in [-0.3, -0.25) is 13.8 Å². The minimum Gasteiger partial charge on any atom is -0.347 e. The molecule has 0 atom stereocenters. The van der Waals surface area contributed by atoms with Crippen LogP contribution >= 0.6 is 0 Å². The average molecular weight is 546 g/mol. The van der Waals surface area contributed by atoms with Crippen LogP contribution in [0.2, 0.25) is 0 Å². The lowest BCUT2D eigenvalue weighted by molar-refractivity contribution is 0.479. The highest BCUT2D eigenvalue weighted by molar-refractivity contribution is 7.86. The van der Waals surface area contributed by atoms with E-state index < -0.39 is 46.6 Å². The van der Waals surface area contributed by atoms with Crippen molar-refractivity contribution in [1.29, 1.82) is 0 Å². The second-order valence-electron chi connectivity index (χ2n) is 6.98. The number of rotatable bonds is 9. The molecule has 0 saturated carbocycles.